The molecule has 120 valence electrons. The number of anilines is 1. The number of carbonyl (C=O) groups is 2. The average molecular weight is 313 g/mol. The molecule has 0 atom stereocenters. The molecule has 2 rings (SSSR count). The molecule has 0 saturated heterocycles. The third kappa shape index (κ3) is 4.10. The molecular weight excluding hydrogens is 294 g/mol. The zero-order chi connectivity index (χ0) is 17.0. The van der Waals surface area contributed by atoms with Crippen LogP contribution in [0.15, 0.2) is 36.4 Å². The number of nitrogens with one attached hydrogen (secondary N) is 1. The molecule has 0 unspecified atom stereocenters. The van der Waals surface area contributed by atoms with Crippen LogP contribution in [0.2, 0.25) is 0 Å². The number of esters is 1. The van der Waals surface area contributed by atoms with Crippen LogP contribution in [0, 0.1) is 20.8 Å². The van der Waals surface area contributed by atoms with E-state index in [2.05, 4.69) is 5.32 Å². The predicted octanol–water partition coefficient (Wildman–Crippen LogP) is 3.11. The van der Waals surface area contributed by atoms with Gasteiger partial charge in [-0.05, 0) is 44.0 Å². The van der Waals surface area contributed by atoms with Gasteiger partial charge < -0.3 is 15.2 Å². The molecule has 0 fully saturated rings. The van der Waals surface area contributed by atoms with Crippen LogP contribution in [0.5, 0.6) is 5.75 Å². The minimum absolute atomic E-state index is 0.0457. The van der Waals surface area contributed by atoms with Crippen LogP contribution in [-0.4, -0.2) is 23.6 Å². The van der Waals surface area contributed by atoms with Gasteiger partial charge in [0.2, 0.25) is 0 Å². The summed E-state index contributed by atoms with van der Waals surface area (Å²) in [5.41, 5.74) is 3.32. The summed E-state index contributed by atoms with van der Waals surface area (Å²) in [6, 6.07) is 10.4. The molecule has 5 heteroatoms. The number of rotatable bonds is 4. The van der Waals surface area contributed by atoms with Gasteiger partial charge in [-0.3, -0.25) is 4.79 Å². The third-order valence-corrected chi connectivity index (χ3v) is 3.45. The lowest BCUT2D eigenvalue weighted by Crippen LogP contribution is -2.21. The van der Waals surface area contributed by atoms with E-state index in [9.17, 15) is 14.7 Å². The fourth-order valence-corrected chi connectivity index (χ4v) is 2.17. The molecule has 2 aromatic carbocycles. The number of amides is 1. The Morgan fingerprint density at radius 2 is 1.83 bits per heavy atom. The first-order chi connectivity index (χ1) is 10.9. The smallest absolute Gasteiger partial charge is 0.342 e. The van der Waals surface area contributed by atoms with E-state index in [-0.39, 0.29) is 11.3 Å². The second-order valence-electron chi connectivity index (χ2n) is 5.41. The van der Waals surface area contributed by atoms with E-state index >= 15 is 0 Å². The van der Waals surface area contributed by atoms with Crippen molar-refractivity contribution in [1.29, 1.82) is 0 Å². The van der Waals surface area contributed by atoms with Crippen molar-refractivity contribution in [2.75, 3.05) is 11.9 Å². The Kier molecular flexibility index (Phi) is 5.01. The summed E-state index contributed by atoms with van der Waals surface area (Å²) in [7, 11) is 0. The summed E-state index contributed by atoms with van der Waals surface area (Å²) in [5, 5.41) is 12.5. The lowest BCUT2D eigenvalue weighted by Gasteiger charge is -2.10. The molecule has 2 N–H and O–H groups in total. The Morgan fingerprint density at radius 3 is 2.52 bits per heavy atom. The molecular formula is C18H19NO4. The highest BCUT2D eigenvalue weighted by molar-refractivity contribution is 5.97. The summed E-state index contributed by atoms with van der Waals surface area (Å²) in [4.78, 5) is 23.8. The van der Waals surface area contributed by atoms with Crippen molar-refractivity contribution < 1.29 is 19.4 Å². The van der Waals surface area contributed by atoms with E-state index in [1.54, 1.807) is 25.1 Å². The first-order valence-electron chi connectivity index (χ1n) is 7.21. The van der Waals surface area contributed by atoms with E-state index in [1.807, 2.05) is 26.0 Å². The highest BCUT2D eigenvalue weighted by Crippen LogP contribution is 2.22. The number of benzene rings is 2. The number of aromatic hydroxyl groups is 1. The van der Waals surface area contributed by atoms with E-state index < -0.39 is 18.5 Å². The summed E-state index contributed by atoms with van der Waals surface area (Å²) >= 11 is 0. The van der Waals surface area contributed by atoms with Crippen molar-refractivity contribution in [3.8, 4) is 5.75 Å². The van der Waals surface area contributed by atoms with Gasteiger partial charge in [-0.15, -0.1) is 0 Å². The second kappa shape index (κ2) is 6.96. The number of hydrogen-bond acceptors (Lipinski definition) is 4. The fourth-order valence-electron chi connectivity index (χ4n) is 2.17. The molecule has 5 nitrogen and oxygen atoms in total. The van der Waals surface area contributed by atoms with Gasteiger partial charge in [0.05, 0.1) is 0 Å². The molecule has 0 spiro atoms. The Morgan fingerprint density at radius 1 is 1.09 bits per heavy atom. The molecule has 2 aromatic rings. The highest BCUT2D eigenvalue weighted by Gasteiger charge is 2.15. The number of hydrogen-bond donors (Lipinski definition) is 2. The van der Waals surface area contributed by atoms with Gasteiger partial charge in [-0.25, -0.2) is 4.79 Å². The largest absolute Gasteiger partial charge is 0.507 e. The highest BCUT2D eigenvalue weighted by atomic mass is 16.5. The average Bonchev–Trinajstić information content (AvgIpc) is 2.50. The zero-order valence-corrected chi connectivity index (χ0v) is 13.3. The Hall–Kier alpha value is -2.82. The van der Waals surface area contributed by atoms with Gasteiger partial charge in [0.15, 0.2) is 6.61 Å². The summed E-state index contributed by atoms with van der Waals surface area (Å²) in [5.74, 6) is -1.30. The minimum Gasteiger partial charge on any atom is -0.507 e. The molecule has 0 radical (unpaired) electrons. The SMILES string of the molecule is Cc1ccc(NC(=O)COC(=O)c2cccc(C)c2O)c(C)c1. The number of aryl methyl sites for hydroxylation is 3. The lowest BCUT2D eigenvalue weighted by atomic mass is 10.1. The van der Waals surface area contributed by atoms with E-state index in [0.717, 1.165) is 11.1 Å². The van der Waals surface area contributed by atoms with Gasteiger partial charge in [0.1, 0.15) is 11.3 Å². The van der Waals surface area contributed by atoms with Crippen molar-refractivity contribution in [2.45, 2.75) is 20.8 Å². The number of para-hydroxylation sites is 1. The van der Waals surface area contributed by atoms with Crippen molar-refractivity contribution in [3.05, 3.63) is 58.7 Å². The zero-order valence-electron chi connectivity index (χ0n) is 13.3. The van der Waals surface area contributed by atoms with Gasteiger partial charge in [0.25, 0.3) is 5.91 Å². The maximum atomic E-state index is 11.9. The molecule has 0 aliphatic carbocycles. The number of phenols is 1. The van der Waals surface area contributed by atoms with Crippen molar-refractivity contribution in [3.63, 3.8) is 0 Å². The van der Waals surface area contributed by atoms with Crippen molar-refractivity contribution in [1.82, 2.24) is 0 Å². The van der Waals surface area contributed by atoms with Gasteiger partial charge >= 0.3 is 5.97 Å². The van der Waals surface area contributed by atoms with E-state index in [0.29, 0.717) is 11.3 Å². The topological polar surface area (TPSA) is 75.6 Å². The van der Waals surface area contributed by atoms with Crippen LogP contribution in [0.3, 0.4) is 0 Å². The molecule has 0 bridgehead atoms. The normalized spacial score (nSPS) is 10.2. The van der Waals surface area contributed by atoms with Crippen LogP contribution in [-0.2, 0) is 9.53 Å². The van der Waals surface area contributed by atoms with Gasteiger partial charge in [-0.2, -0.15) is 0 Å². The monoisotopic (exact) mass is 313 g/mol. The molecule has 0 aromatic heterocycles. The Bertz CT molecular complexity index is 753. The van der Waals surface area contributed by atoms with Crippen LogP contribution < -0.4 is 5.32 Å². The first-order valence-corrected chi connectivity index (χ1v) is 7.21. The lowest BCUT2D eigenvalue weighted by molar-refractivity contribution is -0.119. The molecule has 23 heavy (non-hydrogen) atoms. The van der Waals surface area contributed by atoms with Gasteiger partial charge in [-0.1, -0.05) is 29.8 Å². The Labute approximate surface area is 134 Å². The Balaban J connectivity index is 1.96. The number of ether oxygens (including phenoxy) is 1. The number of carbonyl (C=O) groups excluding carboxylic acids is 2. The fraction of sp³-hybridized carbons (Fsp3) is 0.222. The second-order valence-corrected chi connectivity index (χ2v) is 5.41. The van der Waals surface area contributed by atoms with Gasteiger partial charge in [0, 0.05) is 5.69 Å². The van der Waals surface area contributed by atoms with E-state index in [1.165, 1.54) is 6.07 Å². The quantitative estimate of drug-likeness (QED) is 0.850. The molecule has 0 saturated carbocycles. The van der Waals surface area contributed by atoms with Crippen molar-refractivity contribution >= 4 is 17.6 Å². The summed E-state index contributed by atoms with van der Waals surface area (Å²) < 4.78 is 4.95. The molecule has 0 aliphatic heterocycles. The third-order valence-electron chi connectivity index (χ3n) is 3.45. The summed E-state index contributed by atoms with van der Waals surface area (Å²) in [6.07, 6.45) is 0. The van der Waals surface area contributed by atoms with Crippen LogP contribution in [0.1, 0.15) is 27.0 Å². The maximum absolute atomic E-state index is 11.9. The van der Waals surface area contributed by atoms with E-state index in [4.69, 9.17) is 4.74 Å². The first kappa shape index (κ1) is 16.5. The molecule has 0 aliphatic rings. The van der Waals surface area contributed by atoms with Crippen LogP contribution in [0.25, 0.3) is 0 Å². The number of phenolic OH excluding ortho intramolecular Hbond substituents is 1. The predicted molar refractivity (Wildman–Crippen MR) is 87.7 cm³/mol. The maximum Gasteiger partial charge on any atom is 0.342 e. The summed E-state index contributed by atoms with van der Waals surface area (Å²) in [6.45, 7) is 5.12. The van der Waals surface area contributed by atoms with Crippen LogP contribution in [0.4, 0.5) is 5.69 Å². The van der Waals surface area contributed by atoms with Crippen molar-refractivity contribution in [2.24, 2.45) is 0 Å². The standard InChI is InChI=1S/C18H19NO4/c1-11-7-8-15(13(3)9-11)19-16(20)10-23-18(22)14-6-4-5-12(2)17(14)21/h4-9,21H,10H2,1-3H3,(H,19,20). The molecule has 1 amide bonds. The van der Waals surface area contributed by atoms with Crippen LogP contribution >= 0.6 is 0 Å². The minimum atomic E-state index is -0.734. The molecule has 0 heterocycles.